The molecule has 188 valence electrons. The number of halogens is 1. The summed E-state index contributed by atoms with van der Waals surface area (Å²) in [4.78, 5) is 20.5. The summed E-state index contributed by atoms with van der Waals surface area (Å²) in [6, 6.07) is 12.3. The van der Waals surface area contributed by atoms with Gasteiger partial charge in [0.25, 0.3) is 5.91 Å². The van der Waals surface area contributed by atoms with E-state index in [0.29, 0.717) is 28.7 Å². The fourth-order valence-corrected chi connectivity index (χ4v) is 5.89. The van der Waals surface area contributed by atoms with Crippen molar-refractivity contribution in [3.63, 3.8) is 0 Å². The molecule has 2 aromatic heterocycles. The van der Waals surface area contributed by atoms with Crippen molar-refractivity contribution in [1.29, 1.82) is 5.26 Å². The Labute approximate surface area is 215 Å². The molecule has 1 aliphatic carbocycles. The van der Waals surface area contributed by atoms with Crippen LogP contribution < -0.4 is 0 Å². The van der Waals surface area contributed by atoms with Gasteiger partial charge in [-0.25, -0.2) is 9.37 Å². The highest BCUT2D eigenvalue weighted by molar-refractivity contribution is 5.95. The van der Waals surface area contributed by atoms with Crippen molar-refractivity contribution in [3.05, 3.63) is 64.9 Å². The highest BCUT2D eigenvalue weighted by atomic mass is 19.1. The zero-order chi connectivity index (χ0) is 26.0. The normalized spacial score (nSPS) is 21.0. The van der Waals surface area contributed by atoms with Crippen LogP contribution in [0, 0.1) is 48.7 Å². The number of fused-ring (bicyclic) bond motifs is 1. The lowest BCUT2D eigenvalue weighted by Crippen LogP contribution is -2.30. The van der Waals surface area contributed by atoms with Gasteiger partial charge in [0, 0.05) is 42.5 Å². The molecular weight excluding hydrogens is 467 g/mol. The van der Waals surface area contributed by atoms with Crippen LogP contribution in [0.25, 0.3) is 28.0 Å². The molecule has 2 aliphatic rings. The minimum atomic E-state index is -0.612. The van der Waals surface area contributed by atoms with E-state index in [0.717, 1.165) is 53.6 Å². The first-order valence-corrected chi connectivity index (χ1v) is 12.8. The molecule has 0 bridgehead atoms. The number of benzene rings is 2. The Morgan fingerprint density at radius 3 is 2.65 bits per heavy atom. The average Bonchev–Trinajstić information content (AvgIpc) is 3.21. The second-order valence-electron chi connectivity index (χ2n) is 10.6. The van der Waals surface area contributed by atoms with Crippen molar-refractivity contribution in [2.24, 2.45) is 24.8 Å². The predicted molar refractivity (Wildman–Crippen MR) is 139 cm³/mol. The van der Waals surface area contributed by atoms with Crippen LogP contribution in [0.5, 0.6) is 0 Å². The molecule has 1 saturated carbocycles. The molecular formula is C29H29FN6O. The molecule has 1 aliphatic heterocycles. The highest BCUT2D eigenvalue weighted by Gasteiger charge is 2.43. The standard InChI is InChI=1S/C29H29FN6O/c1-16-11-23(16)21-9-10-35(15-21)29(37)27-18(3)36(22-7-8-26-24(13-22)17(2)34(4)33-26)28(32-27)19-5-6-20(14-31)25(30)12-19/h5-8,12-13,16,21,23H,9-11,15H2,1-4H3/t16?,21-,23?/m0/s1. The molecule has 0 spiro atoms. The number of carbonyl (C=O) groups is 1. The Morgan fingerprint density at radius 2 is 1.95 bits per heavy atom. The summed E-state index contributed by atoms with van der Waals surface area (Å²) in [5.74, 6) is 1.81. The number of imidazole rings is 1. The number of aryl methyl sites for hydroxylation is 2. The highest BCUT2D eigenvalue weighted by Crippen LogP contribution is 2.47. The van der Waals surface area contributed by atoms with Gasteiger partial charge in [-0.2, -0.15) is 10.4 Å². The molecule has 2 fully saturated rings. The summed E-state index contributed by atoms with van der Waals surface area (Å²) in [5, 5.41) is 14.7. The van der Waals surface area contributed by atoms with Crippen LogP contribution in [0.1, 0.15) is 47.2 Å². The molecule has 2 aromatic carbocycles. The van der Waals surface area contributed by atoms with Crippen LogP contribution in [0.2, 0.25) is 0 Å². The van der Waals surface area contributed by atoms with Gasteiger partial charge in [0.1, 0.15) is 23.4 Å². The van der Waals surface area contributed by atoms with Crippen molar-refractivity contribution >= 4 is 16.8 Å². The van der Waals surface area contributed by atoms with E-state index < -0.39 is 5.82 Å². The van der Waals surface area contributed by atoms with Crippen molar-refractivity contribution in [1.82, 2.24) is 24.2 Å². The number of hydrogen-bond donors (Lipinski definition) is 0. The molecule has 7 nitrogen and oxygen atoms in total. The lowest BCUT2D eigenvalue weighted by atomic mass is 10.0. The Kier molecular flexibility index (Phi) is 5.41. The zero-order valence-electron chi connectivity index (χ0n) is 21.5. The van der Waals surface area contributed by atoms with Gasteiger partial charge in [-0.1, -0.05) is 6.92 Å². The molecule has 37 heavy (non-hydrogen) atoms. The van der Waals surface area contributed by atoms with Gasteiger partial charge in [-0.3, -0.25) is 14.0 Å². The monoisotopic (exact) mass is 496 g/mol. The van der Waals surface area contributed by atoms with Gasteiger partial charge in [0.2, 0.25) is 0 Å². The van der Waals surface area contributed by atoms with Crippen molar-refractivity contribution in [2.75, 3.05) is 13.1 Å². The third-order valence-corrected chi connectivity index (χ3v) is 8.32. The van der Waals surface area contributed by atoms with E-state index in [-0.39, 0.29) is 11.5 Å². The molecule has 0 N–H and O–H groups in total. The van der Waals surface area contributed by atoms with Crippen LogP contribution in [-0.4, -0.2) is 43.2 Å². The molecule has 2 unspecified atom stereocenters. The minimum Gasteiger partial charge on any atom is -0.337 e. The number of carbonyl (C=O) groups excluding carboxylic acids is 1. The molecule has 8 heteroatoms. The number of aromatic nitrogens is 4. The van der Waals surface area contributed by atoms with E-state index >= 15 is 0 Å². The lowest BCUT2D eigenvalue weighted by molar-refractivity contribution is 0.0779. The second kappa shape index (κ2) is 8.55. The molecule has 1 saturated heterocycles. The van der Waals surface area contributed by atoms with E-state index in [2.05, 4.69) is 12.0 Å². The fourth-order valence-electron chi connectivity index (χ4n) is 5.89. The van der Waals surface area contributed by atoms with Crippen LogP contribution in [0.15, 0.2) is 36.4 Å². The van der Waals surface area contributed by atoms with Crippen LogP contribution in [0.4, 0.5) is 4.39 Å². The molecule has 1 amide bonds. The summed E-state index contributed by atoms with van der Waals surface area (Å²) < 4.78 is 18.4. The quantitative estimate of drug-likeness (QED) is 0.390. The number of nitriles is 1. The first-order valence-electron chi connectivity index (χ1n) is 12.8. The van der Waals surface area contributed by atoms with E-state index in [1.165, 1.54) is 18.6 Å². The molecule has 3 atom stereocenters. The van der Waals surface area contributed by atoms with Crippen molar-refractivity contribution in [3.8, 4) is 23.1 Å². The van der Waals surface area contributed by atoms with E-state index in [9.17, 15) is 14.4 Å². The van der Waals surface area contributed by atoms with Crippen molar-refractivity contribution < 1.29 is 9.18 Å². The zero-order valence-corrected chi connectivity index (χ0v) is 21.5. The van der Waals surface area contributed by atoms with Gasteiger partial charge < -0.3 is 4.90 Å². The Balaban J connectivity index is 1.47. The third kappa shape index (κ3) is 3.81. The Morgan fingerprint density at radius 1 is 1.16 bits per heavy atom. The molecule has 6 rings (SSSR count). The summed E-state index contributed by atoms with van der Waals surface area (Å²) >= 11 is 0. The Bertz CT molecular complexity index is 1610. The van der Waals surface area contributed by atoms with Crippen LogP contribution in [-0.2, 0) is 7.05 Å². The summed E-state index contributed by atoms with van der Waals surface area (Å²) in [7, 11) is 1.91. The maximum atomic E-state index is 14.7. The fraction of sp³-hybridized carbons (Fsp3) is 0.379. The summed E-state index contributed by atoms with van der Waals surface area (Å²) in [5.41, 5.74) is 4.28. The summed E-state index contributed by atoms with van der Waals surface area (Å²) in [6.07, 6.45) is 2.29. The largest absolute Gasteiger partial charge is 0.337 e. The smallest absolute Gasteiger partial charge is 0.274 e. The number of rotatable bonds is 4. The molecule has 4 aromatic rings. The molecule has 0 radical (unpaired) electrons. The van der Waals surface area contributed by atoms with E-state index in [4.69, 9.17) is 4.98 Å². The minimum absolute atomic E-state index is 0.0281. The average molecular weight is 497 g/mol. The van der Waals surface area contributed by atoms with E-state index in [1.807, 2.05) is 59.3 Å². The Hall–Kier alpha value is -3.99. The van der Waals surface area contributed by atoms with Gasteiger partial charge in [0.05, 0.1) is 16.8 Å². The second-order valence-corrected chi connectivity index (χ2v) is 10.6. The van der Waals surface area contributed by atoms with Gasteiger partial charge in [0.15, 0.2) is 0 Å². The third-order valence-electron chi connectivity index (χ3n) is 8.32. The van der Waals surface area contributed by atoms with Crippen LogP contribution >= 0.6 is 0 Å². The maximum absolute atomic E-state index is 14.7. The van der Waals surface area contributed by atoms with Gasteiger partial charge >= 0.3 is 0 Å². The SMILES string of the molecule is Cc1c2cc(-n3c(-c4ccc(C#N)c(F)c4)nc(C(=O)N4CC[C@H](C5CC5C)C4)c3C)ccc2nn1C. The van der Waals surface area contributed by atoms with E-state index in [1.54, 1.807) is 6.07 Å². The topological polar surface area (TPSA) is 79.7 Å². The van der Waals surface area contributed by atoms with Crippen LogP contribution in [0.3, 0.4) is 0 Å². The lowest BCUT2D eigenvalue weighted by Gasteiger charge is -2.16. The molecule has 3 heterocycles. The van der Waals surface area contributed by atoms with Gasteiger partial charge in [-0.05, 0) is 80.8 Å². The maximum Gasteiger partial charge on any atom is 0.274 e. The number of amides is 1. The first kappa shape index (κ1) is 23.4. The number of nitrogens with zero attached hydrogens (tertiary/aromatic N) is 6. The predicted octanol–water partition coefficient (Wildman–Crippen LogP) is 5.17. The van der Waals surface area contributed by atoms with Gasteiger partial charge in [-0.15, -0.1) is 0 Å². The van der Waals surface area contributed by atoms with Crippen molar-refractivity contribution in [2.45, 2.75) is 33.6 Å². The number of likely N-dealkylation sites (tertiary alicyclic amines) is 1. The first-order chi connectivity index (χ1) is 17.8. The number of hydrogen-bond acceptors (Lipinski definition) is 4. The summed E-state index contributed by atoms with van der Waals surface area (Å²) in [6.45, 7) is 7.68.